The van der Waals surface area contributed by atoms with Gasteiger partial charge in [-0.1, -0.05) is 11.6 Å². The maximum Gasteiger partial charge on any atom is 0.420 e. The van der Waals surface area contributed by atoms with Gasteiger partial charge in [-0.05, 0) is 6.07 Å². The molecule has 0 atom stereocenters. The summed E-state index contributed by atoms with van der Waals surface area (Å²) in [6.45, 7) is 0. The lowest BCUT2D eigenvalue weighted by Crippen LogP contribution is -2.09. The van der Waals surface area contributed by atoms with Crippen LogP contribution in [0.4, 0.5) is 17.6 Å². The molecule has 0 unspecified atom stereocenters. The number of alkyl halides is 3. The molecule has 1 nitrogen and oxygen atoms in total. The number of hydrogen-bond donors (Lipinski definition) is 0. The van der Waals surface area contributed by atoms with Gasteiger partial charge in [-0.15, -0.1) is 0 Å². The number of hydrogen-bond acceptors (Lipinski definition) is 1. The summed E-state index contributed by atoms with van der Waals surface area (Å²) >= 11 is 5.19. The van der Waals surface area contributed by atoms with Crippen LogP contribution in [0, 0.1) is 5.95 Å². The van der Waals surface area contributed by atoms with Crippen LogP contribution in [-0.4, -0.2) is 4.98 Å². The summed E-state index contributed by atoms with van der Waals surface area (Å²) in [4.78, 5) is 2.83. The van der Waals surface area contributed by atoms with Crippen LogP contribution in [-0.2, 0) is 6.18 Å². The fraction of sp³-hybridized carbons (Fsp3) is 0.167. The lowest BCUT2D eigenvalue weighted by atomic mass is 10.3. The largest absolute Gasteiger partial charge is 0.420 e. The molecule has 12 heavy (non-hydrogen) atoms. The van der Waals surface area contributed by atoms with E-state index in [9.17, 15) is 17.6 Å². The van der Waals surface area contributed by atoms with Gasteiger partial charge < -0.3 is 0 Å². The van der Waals surface area contributed by atoms with Crippen LogP contribution in [0.3, 0.4) is 0 Å². The summed E-state index contributed by atoms with van der Waals surface area (Å²) in [5.74, 6) is -1.56. The first kappa shape index (κ1) is 9.25. The van der Waals surface area contributed by atoms with Crippen molar-refractivity contribution in [3.63, 3.8) is 0 Å². The normalized spacial score (nSPS) is 11.8. The minimum Gasteiger partial charge on any atom is -0.226 e. The Kier molecular flexibility index (Phi) is 2.23. The zero-order valence-electron chi connectivity index (χ0n) is 5.49. The highest BCUT2D eigenvalue weighted by molar-refractivity contribution is 6.30. The third-order valence-corrected chi connectivity index (χ3v) is 1.32. The van der Waals surface area contributed by atoms with E-state index in [1.54, 1.807) is 0 Å². The summed E-state index contributed by atoms with van der Waals surface area (Å²) < 4.78 is 48.0. The summed E-state index contributed by atoms with van der Waals surface area (Å²) in [5, 5.41) is -0.247. The Balaban J connectivity index is 3.23. The maximum absolute atomic E-state index is 12.4. The molecule has 0 aliphatic rings. The number of pyridine rings is 1. The first-order valence-electron chi connectivity index (χ1n) is 2.79. The van der Waals surface area contributed by atoms with E-state index in [0.29, 0.717) is 6.07 Å². The van der Waals surface area contributed by atoms with Gasteiger partial charge in [0.2, 0.25) is 5.95 Å². The first-order valence-corrected chi connectivity index (χ1v) is 3.17. The standard InChI is InChI=1S/C6H2ClF4N/c7-3-1-4(6(9,10)11)5(8)12-2-3/h1-2H. The maximum atomic E-state index is 12.4. The average Bonchev–Trinajstić information content (AvgIpc) is 1.92. The van der Waals surface area contributed by atoms with Crippen LogP contribution in [0.2, 0.25) is 5.02 Å². The Hall–Kier alpha value is -0.840. The highest BCUT2D eigenvalue weighted by atomic mass is 35.5. The Morgan fingerprint density at radius 2 is 1.92 bits per heavy atom. The number of aromatic nitrogens is 1. The van der Waals surface area contributed by atoms with Crippen LogP contribution in [0.15, 0.2) is 12.3 Å². The predicted molar refractivity (Wildman–Crippen MR) is 34.2 cm³/mol. The molecule has 0 bridgehead atoms. The molecule has 0 saturated carbocycles. The van der Waals surface area contributed by atoms with Gasteiger partial charge >= 0.3 is 6.18 Å². The molecule has 1 heterocycles. The van der Waals surface area contributed by atoms with Crippen molar-refractivity contribution in [2.75, 3.05) is 0 Å². The molecule has 0 aromatic carbocycles. The fourth-order valence-electron chi connectivity index (χ4n) is 0.621. The molecule has 1 aromatic heterocycles. The Morgan fingerprint density at radius 3 is 2.33 bits per heavy atom. The molecule has 1 rings (SSSR count). The van der Waals surface area contributed by atoms with Crippen molar-refractivity contribution in [2.45, 2.75) is 6.18 Å². The van der Waals surface area contributed by atoms with E-state index in [0.717, 1.165) is 6.20 Å². The molecule has 0 aliphatic carbocycles. The second kappa shape index (κ2) is 2.90. The molecular weight excluding hydrogens is 198 g/mol. The molecule has 1 aromatic rings. The topological polar surface area (TPSA) is 12.9 Å². The minimum absolute atomic E-state index is 0.247. The van der Waals surface area contributed by atoms with Crippen molar-refractivity contribution in [3.05, 3.63) is 28.8 Å². The van der Waals surface area contributed by atoms with Gasteiger partial charge in [-0.3, -0.25) is 0 Å². The van der Waals surface area contributed by atoms with Gasteiger partial charge in [-0.25, -0.2) is 4.98 Å². The zero-order chi connectivity index (χ0) is 9.35. The van der Waals surface area contributed by atoms with Crippen LogP contribution in [0.25, 0.3) is 0 Å². The average molecular weight is 200 g/mol. The lowest BCUT2D eigenvalue weighted by molar-refractivity contribution is -0.140. The van der Waals surface area contributed by atoms with Gasteiger partial charge in [0.25, 0.3) is 0 Å². The van der Waals surface area contributed by atoms with Crippen molar-refractivity contribution in [1.29, 1.82) is 0 Å². The molecule has 66 valence electrons. The van der Waals surface area contributed by atoms with E-state index < -0.39 is 17.7 Å². The summed E-state index contributed by atoms with van der Waals surface area (Å²) in [5.41, 5.74) is -1.45. The van der Waals surface area contributed by atoms with Gasteiger partial charge in [-0.2, -0.15) is 17.6 Å². The SMILES string of the molecule is Fc1ncc(Cl)cc1C(F)(F)F. The second-order valence-corrected chi connectivity index (χ2v) is 2.43. The van der Waals surface area contributed by atoms with E-state index >= 15 is 0 Å². The van der Waals surface area contributed by atoms with Gasteiger partial charge in [0.15, 0.2) is 0 Å². The van der Waals surface area contributed by atoms with E-state index in [2.05, 4.69) is 4.98 Å². The summed E-state index contributed by atoms with van der Waals surface area (Å²) in [6, 6.07) is 0.490. The Morgan fingerprint density at radius 1 is 1.33 bits per heavy atom. The molecule has 0 N–H and O–H groups in total. The number of halogens is 5. The van der Waals surface area contributed by atoms with E-state index in [4.69, 9.17) is 11.6 Å². The Bertz CT molecular complexity index is 296. The molecule has 0 spiro atoms. The highest BCUT2D eigenvalue weighted by Gasteiger charge is 2.34. The molecule has 6 heteroatoms. The lowest BCUT2D eigenvalue weighted by Gasteiger charge is -2.06. The first-order chi connectivity index (χ1) is 5.41. The van der Waals surface area contributed by atoms with Crippen LogP contribution in [0.1, 0.15) is 5.56 Å². The van der Waals surface area contributed by atoms with Crippen LogP contribution >= 0.6 is 11.6 Å². The second-order valence-electron chi connectivity index (χ2n) is 1.99. The van der Waals surface area contributed by atoms with Crippen LogP contribution < -0.4 is 0 Å². The van der Waals surface area contributed by atoms with Gasteiger partial charge in [0.05, 0.1) is 5.02 Å². The van der Waals surface area contributed by atoms with Gasteiger partial charge in [0, 0.05) is 6.20 Å². The fourth-order valence-corrected chi connectivity index (χ4v) is 0.779. The summed E-state index contributed by atoms with van der Waals surface area (Å²) in [7, 11) is 0. The van der Waals surface area contributed by atoms with Crippen molar-refractivity contribution < 1.29 is 17.6 Å². The Labute approximate surface area is 70.0 Å². The van der Waals surface area contributed by atoms with E-state index in [1.165, 1.54) is 0 Å². The third kappa shape index (κ3) is 1.85. The van der Waals surface area contributed by atoms with Crippen molar-refractivity contribution in [2.24, 2.45) is 0 Å². The minimum atomic E-state index is -4.75. The molecule has 0 saturated heterocycles. The molecule has 0 amide bonds. The highest BCUT2D eigenvalue weighted by Crippen LogP contribution is 2.31. The number of nitrogens with zero attached hydrogens (tertiary/aromatic N) is 1. The molecular formula is C6H2ClF4N. The molecule has 0 fully saturated rings. The quantitative estimate of drug-likeness (QED) is 0.463. The van der Waals surface area contributed by atoms with E-state index in [-0.39, 0.29) is 5.02 Å². The van der Waals surface area contributed by atoms with Crippen LogP contribution in [0.5, 0.6) is 0 Å². The molecule has 0 aliphatic heterocycles. The summed E-state index contributed by atoms with van der Waals surface area (Å²) in [6.07, 6.45) is -3.94. The van der Waals surface area contributed by atoms with Crippen molar-refractivity contribution in [1.82, 2.24) is 4.98 Å². The predicted octanol–water partition coefficient (Wildman–Crippen LogP) is 2.89. The smallest absolute Gasteiger partial charge is 0.226 e. The zero-order valence-corrected chi connectivity index (χ0v) is 6.25. The van der Waals surface area contributed by atoms with Crippen molar-refractivity contribution >= 4 is 11.6 Å². The third-order valence-electron chi connectivity index (χ3n) is 1.11. The van der Waals surface area contributed by atoms with Gasteiger partial charge in [0.1, 0.15) is 5.56 Å². The monoisotopic (exact) mass is 199 g/mol. The van der Waals surface area contributed by atoms with E-state index in [1.807, 2.05) is 0 Å². The number of rotatable bonds is 0. The van der Waals surface area contributed by atoms with Crippen molar-refractivity contribution in [3.8, 4) is 0 Å². The molecule has 0 radical (unpaired) electrons.